The van der Waals surface area contributed by atoms with Gasteiger partial charge in [-0.3, -0.25) is 13.9 Å². The zero-order valence-corrected chi connectivity index (χ0v) is 25.3. The van der Waals surface area contributed by atoms with Crippen LogP contribution in [0.25, 0.3) is 0 Å². The number of amides is 2. The van der Waals surface area contributed by atoms with Gasteiger partial charge in [0.1, 0.15) is 12.6 Å². The van der Waals surface area contributed by atoms with Crippen molar-refractivity contribution in [2.24, 2.45) is 0 Å². The smallest absolute Gasteiger partial charge is 0.264 e. The van der Waals surface area contributed by atoms with Crippen LogP contribution in [0.2, 0.25) is 20.1 Å². The van der Waals surface area contributed by atoms with Crippen molar-refractivity contribution in [1.29, 1.82) is 0 Å². The summed E-state index contributed by atoms with van der Waals surface area (Å²) in [5.74, 6) is -1.06. The molecule has 0 unspecified atom stereocenters. The molecule has 7 nitrogen and oxygen atoms in total. The number of anilines is 1. The van der Waals surface area contributed by atoms with Crippen molar-refractivity contribution in [1.82, 2.24) is 10.2 Å². The summed E-state index contributed by atoms with van der Waals surface area (Å²) in [5, 5.41) is 3.36. The number of aryl methyl sites for hydroxylation is 1. The molecule has 0 aromatic heterocycles. The van der Waals surface area contributed by atoms with E-state index < -0.39 is 34.4 Å². The Hall–Kier alpha value is -2.49. The van der Waals surface area contributed by atoms with Gasteiger partial charge in [0.25, 0.3) is 10.0 Å². The number of benzene rings is 3. The lowest BCUT2D eigenvalue weighted by Gasteiger charge is -2.33. The second-order valence-electron chi connectivity index (χ2n) is 8.69. The number of hydrogen-bond donors (Lipinski definition) is 1. The highest BCUT2D eigenvalue weighted by Crippen LogP contribution is 2.36. The van der Waals surface area contributed by atoms with Crippen LogP contribution in [0.1, 0.15) is 24.5 Å². The van der Waals surface area contributed by atoms with Crippen LogP contribution in [-0.2, 0) is 26.2 Å². The fourth-order valence-electron chi connectivity index (χ4n) is 3.96. The van der Waals surface area contributed by atoms with Crippen LogP contribution in [0.15, 0.2) is 65.6 Å². The normalized spacial score (nSPS) is 12.1. The minimum atomic E-state index is -4.28. The molecule has 0 spiro atoms. The summed E-state index contributed by atoms with van der Waals surface area (Å²) in [6.07, 6.45) is 0.263. The van der Waals surface area contributed by atoms with Crippen molar-refractivity contribution < 1.29 is 18.0 Å². The lowest BCUT2D eigenvalue weighted by Crippen LogP contribution is -2.51. The van der Waals surface area contributed by atoms with Crippen LogP contribution >= 0.6 is 46.4 Å². The molecule has 0 aliphatic heterocycles. The van der Waals surface area contributed by atoms with Gasteiger partial charge in [-0.15, -0.1) is 0 Å². The molecule has 0 fully saturated rings. The highest BCUT2D eigenvalue weighted by molar-refractivity contribution is 7.92. The average Bonchev–Trinajstić information content (AvgIpc) is 2.90. The summed E-state index contributed by atoms with van der Waals surface area (Å²) in [4.78, 5) is 28.0. The molecule has 0 saturated carbocycles. The van der Waals surface area contributed by atoms with Gasteiger partial charge in [-0.25, -0.2) is 8.42 Å². The van der Waals surface area contributed by atoms with Crippen LogP contribution < -0.4 is 9.62 Å². The topological polar surface area (TPSA) is 86.8 Å². The Morgan fingerprint density at radius 1 is 0.949 bits per heavy atom. The zero-order valence-electron chi connectivity index (χ0n) is 21.4. The number of rotatable bonds is 10. The molecule has 3 aromatic carbocycles. The summed E-state index contributed by atoms with van der Waals surface area (Å²) < 4.78 is 28.7. The van der Waals surface area contributed by atoms with Crippen LogP contribution in [0.4, 0.5) is 5.69 Å². The largest absolute Gasteiger partial charge is 0.357 e. The van der Waals surface area contributed by atoms with Crippen LogP contribution in [0.5, 0.6) is 0 Å². The second-order valence-corrected chi connectivity index (χ2v) is 12.2. The Labute approximate surface area is 248 Å². The summed E-state index contributed by atoms with van der Waals surface area (Å²) in [6.45, 7) is 2.85. The van der Waals surface area contributed by atoms with Crippen LogP contribution in [0.3, 0.4) is 0 Å². The molecule has 39 heavy (non-hydrogen) atoms. The molecule has 0 radical (unpaired) electrons. The van der Waals surface area contributed by atoms with E-state index in [0.717, 1.165) is 9.87 Å². The molecule has 3 aromatic rings. The van der Waals surface area contributed by atoms with Gasteiger partial charge >= 0.3 is 0 Å². The Morgan fingerprint density at radius 3 is 2.21 bits per heavy atom. The maximum Gasteiger partial charge on any atom is 0.264 e. The number of carbonyl (C=O) groups excluding carboxylic acids is 2. The maximum atomic E-state index is 14.0. The second kappa shape index (κ2) is 13.2. The van der Waals surface area contributed by atoms with Crippen molar-refractivity contribution in [2.75, 3.05) is 17.9 Å². The average molecular weight is 631 g/mol. The molecule has 0 heterocycles. The van der Waals surface area contributed by atoms with Gasteiger partial charge in [0.05, 0.1) is 20.6 Å². The molecule has 0 aliphatic carbocycles. The van der Waals surface area contributed by atoms with E-state index in [4.69, 9.17) is 46.4 Å². The number of nitrogens with one attached hydrogen (secondary N) is 1. The Balaban J connectivity index is 2.12. The van der Waals surface area contributed by atoms with E-state index in [-0.39, 0.29) is 33.6 Å². The first-order valence-electron chi connectivity index (χ1n) is 11.9. The van der Waals surface area contributed by atoms with E-state index in [1.165, 1.54) is 48.3 Å². The molecule has 0 saturated heterocycles. The Morgan fingerprint density at radius 2 is 1.62 bits per heavy atom. The van der Waals surface area contributed by atoms with Gasteiger partial charge in [0, 0.05) is 23.6 Å². The quantitative estimate of drug-likeness (QED) is 0.283. The fraction of sp³-hybridized carbons (Fsp3) is 0.259. The van der Waals surface area contributed by atoms with Gasteiger partial charge in [0.15, 0.2) is 0 Å². The SMILES string of the molecule is CC[C@@H](C(=O)NC)N(Cc1ccc(Cl)cc1Cl)C(=O)CN(c1cccc(Cl)c1Cl)S(=O)(=O)c1ccc(C)cc1. The predicted octanol–water partition coefficient (Wildman–Crippen LogP) is 6.36. The lowest BCUT2D eigenvalue weighted by atomic mass is 10.1. The van der Waals surface area contributed by atoms with Gasteiger partial charge in [-0.1, -0.05) is 83.2 Å². The van der Waals surface area contributed by atoms with E-state index in [1.807, 2.05) is 6.92 Å². The van der Waals surface area contributed by atoms with Crippen molar-refractivity contribution in [3.63, 3.8) is 0 Å². The first-order valence-corrected chi connectivity index (χ1v) is 14.8. The van der Waals surface area contributed by atoms with Gasteiger partial charge in [0.2, 0.25) is 11.8 Å². The van der Waals surface area contributed by atoms with Crippen molar-refractivity contribution >= 4 is 73.9 Å². The highest BCUT2D eigenvalue weighted by Gasteiger charge is 2.34. The van der Waals surface area contributed by atoms with Crippen molar-refractivity contribution in [2.45, 2.75) is 37.8 Å². The van der Waals surface area contributed by atoms with Gasteiger partial charge in [-0.05, 0) is 55.3 Å². The standard InChI is InChI=1S/C27H27Cl4N3O4S/c1-4-23(27(36)32-3)33(15-18-10-11-19(28)14-22(18)30)25(35)16-34(24-7-5-6-21(29)26(24)31)39(37,38)20-12-8-17(2)9-13-20/h5-14,23H,4,15-16H2,1-3H3,(H,32,36)/t23-/m0/s1. The number of hydrogen-bond acceptors (Lipinski definition) is 4. The Kier molecular flexibility index (Phi) is 10.5. The van der Waals surface area contributed by atoms with E-state index >= 15 is 0 Å². The molecule has 2 amide bonds. The Bertz CT molecular complexity index is 1470. The van der Waals surface area contributed by atoms with Gasteiger partial charge in [-0.2, -0.15) is 0 Å². The summed E-state index contributed by atoms with van der Waals surface area (Å²) in [6, 6.07) is 14.6. The van der Waals surface area contributed by atoms with Crippen molar-refractivity contribution in [3.8, 4) is 0 Å². The fourth-order valence-corrected chi connectivity index (χ4v) is 6.30. The van der Waals surface area contributed by atoms with Crippen LogP contribution in [-0.4, -0.2) is 44.8 Å². The number of likely N-dealkylation sites (N-methyl/N-ethyl adjacent to an activating group) is 1. The molecule has 1 N–H and O–H groups in total. The third-order valence-corrected chi connectivity index (χ3v) is 9.25. The molecule has 12 heteroatoms. The van der Waals surface area contributed by atoms with Gasteiger partial charge < -0.3 is 10.2 Å². The number of nitrogens with zero attached hydrogens (tertiary/aromatic N) is 2. The number of carbonyl (C=O) groups is 2. The molecule has 3 rings (SSSR count). The maximum absolute atomic E-state index is 14.0. The van der Waals surface area contributed by atoms with Crippen molar-refractivity contribution in [3.05, 3.63) is 91.9 Å². The molecule has 208 valence electrons. The summed E-state index contributed by atoms with van der Waals surface area (Å²) in [7, 11) is -2.82. The molecule has 1 atom stereocenters. The summed E-state index contributed by atoms with van der Waals surface area (Å²) in [5.41, 5.74) is 1.42. The lowest BCUT2D eigenvalue weighted by molar-refractivity contribution is -0.140. The summed E-state index contributed by atoms with van der Waals surface area (Å²) >= 11 is 25.1. The van der Waals surface area contributed by atoms with E-state index in [1.54, 1.807) is 31.2 Å². The van der Waals surface area contributed by atoms with Crippen LogP contribution in [0, 0.1) is 6.92 Å². The first kappa shape index (κ1) is 31.0. The minimum absolute atomic E-state index is 0.0237. The van der Waals surface area contributed by atoms with E-state index in [9.17, 15) is 18.0 Å². The molecule has 0 bridgehead atoms. The first-order chi connectivity index (χ1) is 18.4. The third kappa shape index (κ3) is 7.18. The third-order valence-electron chi connectivity index (χ3n) is 6.08. The molecular formula is C27H27Cl4N3O4S. The highest BCUT2D eigenvalue weighted by atomic mass is 35.5. The van der Waals surface area contributed by atoms with E-state index in [2.05, 4.69) is 5.32 Å². The number of sulfonamides is 1. The molecule has 0 aliphatic rings. The van der Waals surface area contributed by atoms with E-state index in [0.29, 0.717) is 15.6 Å². The number of halogens is 4. The zero-order chi connectivity index (χ0) is 28.9. The predicted molar refractivity (Wildman–Crippen MR) is 157 cm³/mol. The minimum Gasteiger partial charge on any atom is -0.357 e. The monoisotopic (exact) mass is 629 g/mol. The molecular weight excluding hydrogens is 604 g/mol.